The highest BCUT2D eigenvalue weighted by Gasteiger charge is 2.20. The first-order valence-corrected chi connectivity index (χ1v) is 10.2. The van der Waals surface area contributed by atoms with E-state index in [1.165, 1.54) is 24.3 Å². The van der Waals surface area contributed by atoms with Crippen molar-refractivity contribution < 1.29 is 22.7 Å². The van der Waals surface area contributed by atoms with Gasteiger partial charge >= 0.3 is 5.97 Å². The molecule has 0 spiro atoms. The van der Waals surface area contributed by atoms with Crippen molar-refractivity contribution in [2.75, 3.05) is 19.4 Å². The van der Waals surface area contributed by atoms with E-state index in [9.17, 15) is 18.0 Å². The molecule has 25 heavy (non-hydrogen) atoms. The number of ether oxygens (including phenoxy) is 1. The van der Waals surface area contributed by atoms with Gasteiger partial charge in [-0.1, -0.05) is 6.08 Å². The average Bonchev–Trinajstić information content (AvgIpc) is 2.60. The van der Waals surface area contributed by atoms with E-state index in [-0.39, 0.29) is 23.0 Å². The first-order chi connectivity index (χ1) is 11.8. The zero-order valence-electron chi connectivity index (χ0n) is 14.5. The minimum Gasteiger partial charge on any atom is -0.452 e. The topological polar surface area (TPSA) is 80.8 Å². The number of amides is 1. The van der Waals surface area contributed by atoms with Gasteiger partial charge in [0.15, 0.2) is 16.4 Å². The van der Waals surface area contributed by atoms with Crippen molar-refractivity contribution in [3.05, 3.63) is 41.6 Å². The van der Waals surface area contributed by atoms with Gasteiger partial charge in [0.05, 0.1) is 10.5 Å². The molecule has 0 saturated carbocycles. The number of allylic oxidation sites excluding steroid dienone is 2. The van der Waals surface area contributed by atoms with Crippen molar-refractivity contribution in [1.82, 2.24) is 4.90 Å². The van der Waals surface area contributed by atoms with E-state index >= 15 is 0 Å². The third kappa shape index (κ3) is 5.16. The smallest absolute Gasteiger partial charge is 0.338 e. The summed E-state index contributed by atoms with van der Waals surface area (Å²) in [6.07, 6.45) is 7.18. The van der Waals surface area contributed by atoms with E-state index in [1.807, 2.05) is 6.92 Å². The normalized spacial score (nSPS) is 14.6. The minimum absolute atomic E-state index is 0.126. The number of likely N-dealkylation sites (N-methyl/N-ethyl adjacent to an activating group) is 1. The molecule has 1 aromatic rings. The molecule has 6 nitrogen and oxygen atoms in total. The fourth-order valence-corrected chi connectivity index (χ4v) is 3.36. The molecule has 1 aromatic carbocycles. The summed E-state index contributed by atoms with van der Waals surface area (Å²) in [5.41, 5.74) is 1.20. The summed E-state index contributed by atoms with van der Waals surface area (Å²) in [6.45, 7) is 2.09. The highest BCUT2D eigenvalue weighted by Crippen LogP contribution is 2.21. The van der Waals surface area contributed by atoms with Crippen molar-refractivity contribution in [2.45, 2.75) is 37.5 Å². The average molecular weight is 365 g/mol. The van der Waals surface area contributed by atoms with Crippen LogP contribution < -0.4 is 0 Å². The molecule has 0 radical (unpaired) electrons. The Labute approximate surface area is 148 Å². The van der Waals surface area contributed by atoms with Crippen molar-refractivity contribution in [3.8, 4) is 0 Å². The quantitative estimate of drug-likeness (QED) is 0.724. The van der Waals surface area contributed by atoms with Gasteiger partial charge in [0, 0.05) is 18.5 Å². The zero-order chi connectivity index (χ0) is 18.4. The molecular weight excluding hydrogens is 342 g/mol. The Morgan fingerprint density at radius 1 is 1.16 bits per heavy atom. The number of nitrogens with zero attached hydrogens (tertiary/aromatic N) is 1. The molecule has 0 heterocycles. The van der Waals surface area contributed by atoms with E-state index in [0.29, 0.717) is 6.54 Å². The second-order valence-corrected chi connectivity index (χ2v) is 7.97. The van der Waals surface area contributed by atoms with Crippen LogP contribution in [0.4, 0.5) is 0 Å². The van der Waals surface area contributed by atoms with Gasteiger partial charge in [-0.15, -0.1) is 0 Å². The van der Waals surface area contributed by atoms with Gasteiger partial charge in [0.1, 0.15) is 0 Å². The molecule has 7 heteroatoms. The maximum absolute atomic E-state index is 12.3. The Kier molecular flexibility index (Phi) is 6.36. The maximum Gasteiger partial charge on any atom is 0.338 e. The van der Waals surface area contributed by atoms with Crippen LogP contribution in [0.5, 0.6) is 0 Å². The van der Waals surface area contributed by atoms with Crippen LogP contribution >= 0.6 is 0 Å². The molecule has 0 fully saturated rings. The highest BCUT2D eigenvalue weighted by atomic mass is 32.2. The van der Waals surface area contributed by atoms with E-state index in [2.05, 4.69) is 6.08 Å². The van der Waals surface area contributed by atoms with Crippen molar-refractivity contribution >= 4 is 21.7 Å². The summed E-state index contributed by atoms with van der Waals surface area (Å²) < 4.78 is 27.9. The predicted octanol–water partition coefficient (Wildman–Crippen LogP) is 2.55. The van der Waals surface area contributed by atoms with E-state index in [4.69, 9.17) is 4.74 Å². The lowest BCUT2D eigenvalue weighted by Gasteiger charge is -2.26. The third-order valence-corrected chi connectivity index (χ3v) is 5.20. The lowest BCUT2D eigenvalue weighted by atomic mass is 10.0. The molecule has 0 atom stereocenters. The van der Waals surface area contributed by atoms with Crippen LogP contribution in [0.15, 0.2) is 40.9 Å². The van der Waals surface area contributed by atoms with Gasteiger partial charge in [-0.2, -0.15) is 0 Å². The minimum atomic E-state index is -3.32. The van der Waals surface area contributed by atoms with Gasteiger partial charge in [-0.05, 0) is 56.9 Å². The lowest BCUT2D eigenvalue weighted by Crippen LogP contribution is -2.34. The van der Waals surface area contributed by atoms with Crippen LogP contribution in [-0.2, 0) is 19.4 Å². The molecule has 0 N–H and O–H groups in total. The summed E-state index contributed by atoms with van der Waals surface area (Å²) in [5, 5.41) is 0. The van der Waals surface area contributed by atoms with Crippen LogP contribution in [0.2, 0.25) is 0 Å². The fourth-order valence-electron chi connectivity index (χ4n) is 2.73. The SMILES string of the molecule is CCN(C(=O)COC(=O)c1ccc(S(C)(=O)=O)cc1)C1=CCCCC1. The fraction of sp³-hybridized carbons (Fsp3) is 0.444. The number of hydrogen-bond acceptors (Lipinski definition) is 5. The number of sulfone groups is 1. The molecular formula is C18H23NO5S. The van der Waals surface area contributed by atoms with Gasteiger partial charge in [-0.3, -0.25) is 4.79 Å². The van der Waals surface area contributed by atoms with Crippen molar-refractivity contribution in [3.63, 3.8) is 0 Å². The second kappa shape index (κ2) is 8.29. The Morgan fingerprint density at radius 2 is 1.84 bits per heavy atom. The van der Waals surface area contributed by atoms with E-state index < -0.39 is 15.8 Å². The van der Waals surface area contributed by atoms with Gasteiger partial charge in [0.2, 0.25) is 0 Å². The molecule has 136 valence electrons. The molecule has 0 saturated heterocycles. The summed E-state index contributed by atoms with van der Waals surface area (Å²) >= 11 is 0. The summed E-state index contributed by atoms with van der Waals surface area (Å²) in [4.78, 5) is 26.1. The lowest BCUT2D eigenvalue weighted by molar-refractivity contribution is -0.132. The second-order valence-electron chi connectivity index (χ2n) is 5.95. The zero-order valence-corrected chi connectivity index (χ0v) is 15.3. The van der Waals surface area contributed by atoms with Crippen molar-refractivity contribution in [2.24, 2.45) is 0 Å². The molecule has 1 aliphatic rings. The maximum atomic E-state index is 12.3. The van der Waals surface area contributed by atoms with Crippen molar-refractivity contribution in [1.29, 1.82) is 0 Å². The third-order valence-electron chi connectivity index (χ3n) is 4.08. The number of carbonyl (C=O) groups is 2. The summed E-state index contributed by atoms with van der Waals surface area (Å²) in [5.74, 6) is -0.904. The standard InChI is InChI=1S/C18H23NO5S/c1-3-19(15-7-5-4-6-8-15)17(20)13-24-18(21)14-9-11-16(12-10-14)25(2,22)23/h7,9-12H,3-6,8,13H2,1-2H3. The molecule has 0 unspecified atom stereocenters. The summed E-state index contributed by atoms with van der Waals surface area (Å²) in [7, 11) is -3.32. The molecule has 1 amide bonds. The Hall–Kier alpha value is -2.15. The van der Waals surface area contributed by atoms with Crippen LogP contribution in [0.25, 0.3) is 0 Å². The van der Waals surface area contributed by atoms with E-state index in [0.717, 1.165) is 37.6 Å². The number of rotatable bonds is 6. The van der Waals surface area contributed by atoms with E-state index in [1.54, 1.807) is 4.90 Å². The van der Waals surface area contributed by atoms with Crippen LogP contribution in [0.1, 0.15) is 43.0 Å². The number of benzene rings is 1. The van der Waals surface area contributed by atoms with Crippen LogP contribution in [0.3, 0.4) is 0 Å². The Balaban J connectivity index is 1.96. The van der Waals surface area contributed by atoms with Gasteiger partial charge < -0.3 is 9.64 Å². The Morgan fingerprint density at radius 3 is 2.36 bits per heavy atom. The number of carbonyl (C=O) groups excluding carboxylic acids is 2. The largest absolute Gasteiger partial charge is 0.452 e. The number of esters is 1. The Bertz CT molecular complexity index is 765. The van der Waals surface area contributed by atoms with Gasteiger partial charge in [0.25, 0.3) is 5.91 Å². The predicted molar refractivity (Wildman–Crippen MR) is 93.8 cm³/mol. The van der Waals surface area contributed by atoms with Gasteiger partial charge in [-0.25, -0.2) is 13.2 Å². The first-order valence-electron chi connectivity index (χ1n) is 8.29. The molecule has 0 aliphatic heterocycles. The molecule has 2 rings (SSSR count). The number of hydrogen-bond donors (Lipinski definition) is 0. The van der Waals surface area contributed by atoms with Crippen LogP contribution in [0, 0.1) is 0 Å². The summed E-state index contributed by atoms with van der Waals surface area (Å²) in [6, 6.07) is 5.45. The highest BCUT2D eigenvalue weighted by molar-refractivity contribution is 7.90. The molecule has 0 bridgehead atoms. The van der Waals surface area contributed by atoms with Crippen LogP contribution in [-0.4, -0.2) is 44.6 Å². The monoisotopic (exact) mass is 365 g/mol. The first kappa shape index (κ1) is 19.2. The molecule has 1 aliphatic carbocycles. The molecule has 0 aromatic heterocycles.